The fraction of sp³-hybridized carbons (Fsp3) is 0.474. The van der Waals surface area contributed by atoms with Crippen molar-refractivity contribution in [3.63, 3.8) is 0 Å². The third-order valence-electron chi connectivity index (χ3n) is 4.52. The molecule has 1 aliphatic rings. The maximum atomic E-state index is 12.3. The molecule has 2 aromatic rings. The van der Waals surface area contributed by atoms with Crippen molar-refractivity contribution in [2.45, 2.75) is 32.1 Å². The lowest BCUT2D eigenvalue weighted by molar-refractivity contribution is -0.133. The van der Waals surface area contributed by atoms with Gasteiger partial charge in [0.05, 0.1) is 6.20 Å². The number of aliphatic hydroxyl groups excluding tert-OH is 1. The molecule has 5 heteroatoms. The summed E-state index contributed by atoms with van der Waals surface area (Å²) < 4.78 is 5.76. The largest absolute Gasteiger partial charge is 0.441 e. The number of amides is 1. The van der Waals surface area contributed by atoms with Crippen molar-refractivity contribution in [2.24, 2.45) is 5.92 Å². The molecule has 3 rings (SSSR count). The molecule has 2 heterocycles. The van der Waals surface area contributed by atoms with Crippen molar-refractivity contribution >= 4 is 5.91 Å². The Morgan fingerprint density at radius 2 is 2.17 bits per heavy atom. The quantitative estimate of drug-likeness (QED) is 0.885. The molecule has 0 saturated carbocycles. The molecule has 1 aromatic heterocycles. The Labute approximate surface area is 142 Å². The summed E-state index contributed by atoms with van der Waals surface area (Å²) in [6.07, 6.45) is 5.63. The highest BCUT2D eigenvalue weighted by Crippen LogP contribution is 2.21. The topological polar surface area (TPSA) is 66.6 Å². The van der Waals surface area contributed by atoms with Crippen LogP contribution in [0.5, 0.6) is 0 Å². The van der Waals surface area contributed by atoms with Gasteiger partial charge in [0.15, 0.2) is 11.7 Å². The van der Waals surface area contributed by atoms with Crippen LogP contribution in [-0.2, 0) is 11.2 Å². The lowest BCUT2D eigenvalue weighted by Crippen LogP contribution is -2.40. The van der Waals surface area contributed by atoms with Gasteiger partial charge < -0.3 is 14.4 Å². The highest BCUT2D eigenvalue weighted by atomic mass is 16.4. The van der Waals surface area contributed by atoms with E-state index in [9.17, 15) is 9.90 Å². The van der Waals surface area contributed by atoms with E-state index in [1.54, 1.807) is 6.20 Å². The predicted molar refractivity (Wildman–Crippen MR) is 91.3 cm³/mol. The van der Waals surface area contributed by atoms with Gasteiger partial charge in [-0.1, -0.05) is 30.3 Å². The fourth-order valence-corrected chi connectivity index (χ4v) is 3.15. The highest BCUT2D eigenvalue weighted by molar-refractivity contribution is 5.76. The van der Waals surface area contributed by atoms with Crippen molar-refractivity contribution in [1.29, 1.82) is 0 Å². The lowest BCUT2D eigenvalue weighted by Gasteiger charge is -2.31. The minimum absolute atomic E-state index is 0.169. The molecular formula is C19H24N2O3. The molecule has 1 atom stereocenters. The number of benzene rings is 1. The molecule has 1 aromatic carbocycles. The molecule has 1 saturated heterocycles. The number of hydrogen-bond acceptors (Lipinski definition) is 4. The molecule has 1 fully saturated rings. The van der Waals surface area contributed by atoms with E-state index in [0.717, 1.165) is 37.1 Å². The van der Waals surface area contributed by atoms with Gasteiger partial charge in [0.1, 0.15) is 0 Å². The van der Waals surface area contributed by atoms with Crippen LogP contribution < -0.4 is 0 Å². The zero-order chi connectivity index (χ0) is 16.8. The van der Waals surface area contributed by atoms with E-state index in [0.29, 0.717) is 25.3 Å². The van der Waals surface area contributed by atoms with Crippen molar-refractivity contribution in [3.05, 3.63) is 42.4 Å². The van der Waals surface area contributed by atoms with E-state index < -0.39 is 0 Å². The van der Waals surface area contributed by atoms with Gasteiger partial charge in [0, 0.05) is 38.1 Å². The monoisotopic (exact) mass is 328 g/mol. The molecule has 1 N–H and O–H groups in total. The predicted octanol–water partition coefficient (Wildman–Crippen LogP) is 2.90. The molecule has 24 heavy (non-hydrogen) atoms. The summed E-state index contributed by atoms with van der Waals surface area (Å²) in [5.41, 5.74) is 1.01. The molecule has 0 radical (unpaired) electrons. The minimum Gasteiger partial charge on any atom is -0.441 e. The van der Waals surface area contributed by atoms with Gasteiger partial charge in [-0.2, -0.15) is 0 Å². The van der Waals surface area contributed by atoms with Gasteiger partial charge in [0.2, 0.25) is 5.91 Å². The average Bonchev–Trinajstić information content (AvgIpc) is 3.11. The van der Waals surface area contributed by atoms with Crippen LogP contribution in [0.15, 0.2) is 40.9 Å². The van der Waals surface area contributed by atoms with Crippen LogP contribution in [0, 0.1) is 5.92 Å². The van der Waals surface area contributed by atoms with Crippen LogP contribution in [0.1, 0.15) is 31.6 Å². The number of nitrogens with zero attached hydrogens (tertiary/aromatic N) is 2. The van der Waals surface area contributed by atoms with E-state index in [4.69, 9.17) is 4.42 Å². The maximum Gasteiger partial charge on any atom is 0.222 e. The number of carbonyl (C=O) groups is 1. The lowest BCUT2D eigenvalue weighted by atomic mass is 9.98. The third kappa shape index (κ3) is 4.23. The molecule has 0 spiro atoms. The summed E-state index contributed by atoms with van der Waals surface area (Å²) in [4.78, 5) is 18.5. The molecule has 0 bridgehead atoms. The van der Waals surface area contributed by atoms with Crippen molar-refractivity contribution in [2.75, 3.05) is 19.7 Å². The second kappa shape index (κ2) is 8.11. The Balaban J connectivity index is 1.46. The van der Waals surface area contributed by atoms with Crippen LogP contribution >= 0.6 is 0 Å². The molecule has 5 nitrogen and oxygen atoms in total. The van der Waals surface area contributed by atoms with Crippen LogP contribution in [0.2, 0.25) is 0 Å². The van der Waals surface area contributed by atoms with E-state index >= 15 is 0 Å². The average molecular weight is 328 g/mol. The first-order valence-electron chi connectivity index (χ1n) is 8.65. The van der Waals surface area contributed by atoms with Crippen molar-refractivity contribution < 1.29 is 14.3 Å². The summed E-state index contributed by atoms with van der Waals surface area (Å²) >= 11 is 0. The number of aromatic nitrogens is 1. The Hall–Kier alpha value is -2.14. The van der Waals surface area contributed by atoms with E-state index in [-0.39, 0.29) is 18.4 Å². The second-order valence-corrected chi connectivity index (χ2v) is 6.37. The summed E-state index contributed by atoms with van der Waals surface area (Å²) in [5, 5.41) is 9.25. The zero-order valence-electron chi connectivity index (χ0n) is 13.9. The van der Waals surface area contributed by atoms with Gasteiger partial charge in [-0.05, 0) is 25.2 Å². The van der Waals surface area contributed by atoms with E-state index in [1.807, 2.05) is 35.2 Å². The summed E-state index contributed by atoms with van der Waals surface area (Å²) in [6.45, 7) is 1.67. The van der Waals surface area contributed by atoms with Crippen molar-refractivity contribution in [1.82, 2.24) is 9.88 Å². The van der Waals surface area contributed by atoms with Gasteiger partial charge >= 0.3 is 0 Å². The Morgan fingerprint density at radius 3 is 2.96 bits per heavy atom. The van der Waals surface area contributed by atoms with E-state index in [1.165, 1.54) is 0 Å². The summed E-state index contributed by atoms with van der Waals surface area (Å²) in [6, 6.07) is 9.88. The second-order valence-electron chi connectivity index (χ2n) is 6.37. The number of aliphatic hydroxyl groups is 1. The van der Waals surface area contributed by atoms with Gasteiger partial charge in [0.25, 0.3) is 0 Å². The molecule has 1 unspecified atom stereocenters. The molecule has 128 valence electrons. The number of oxazole rings is 1. The van der Waals surface area contributed by atoms with Gasteiger partial charge in [-0.15, -0.1) is 0 Å². The summed E-state index contributed by atoms with van der Waals surface area (Å²) in [5.74, 6) is 1.85. The Kier molecular flexibility index (Phi) is 5.64. The fourth-order valence-electron chi connectivity index (χ4n) is 3.15. The number of hydrogen-bond donors (Lipinski definition) is 1. The van der Waals surface area contributed by atoms with Crippen LogP contribution in [-0.4, -0.2) is 40.6 Å². The van der Waals surface area contributed by atoms with Gasteiger partial charge in [-0.25, -0.2) is 4.98 Å². The summed E-state index contributed by atoms with van der Waals surface area (Å²) in [7, 11) is 0. The molecular weight excluding hydrogens is 304 g/mol. The van der Waals surface area contributed by atoms with Crippen LogP contribution in [0.4, 0.5) is 0 Å². The first-order chi connectivity index (χ1) is 11.8. The maximum absolute atomic E-state index is 12.3. The Bertz CT molecular complexity index is 654. The molecule has 0 aliphatic carbocycles. The number of likely N-dealkylation sites (tertiary alicyclic amines) is 1. The molecule has 1 aliphatic heterocycles. The number of piperidine rings is 1. The first-order valence-corrected chi connectivity index (χ1v) is 8.65. The number of rotatable bonds is 6. The smallest absolute Gasteiger partial charge is 0.222 e. The highest BCUT2D eigenvalue weighted by Gasteiger charge is 2.22. The van der Waals surface area contributed by atoms with Crippen LogP contribution in [0.25, 0.3) is 11.3 Å². The first kappa shape index (κ1) is 16.7. The third-order valence-corrected chi connectivity index (χ3v) is 4.52. The minimum atomic E-state index is 0.169. The van der Waals surface area contributed by atoms with Crippen molar-refractivity contribution in [3.8, 4) is 11.3 Å². The zero-order valence-corrected chi connectivity index (χ0v) is 13.9. The molecule has 1 amide bonds. The standard InChI is InChI=1S/C19H24N2O3/c22-14-15-6-5-11-21(13-15)19(23)10-4-9-18-20-12-17(24-18)16-7-2-1-3-8-16/h1-3,7-8,12,15,22H,4-6,9-11,13-14H2. The Morgan fingerprint density at radius 1 is 1.33 bits per heavy atom. The van der Waals surface area contributed by atoms with E-state index in [2.05, 4.69) is 4.98 Å². The van der Waals surface area contributed by atoms with Crippen LogP contribution in [0.3, 0.4) is 0 Å². The number of aryl methyl sites for hydroxylation is 1. The number of carbonyl (C=O) groups excluding carboxylic acids is 1. The normalized spacial score (nSPS) is 17.9. The SMILES string of the molecule is O=C(CCCc1ncc(-c2ccccc2)o1)N1CCCC(CO)C1. The van der Waals surface area contributed by atoms with Gasteiger partial charge in [-0.3, -0.25) is 4.79 Å².